The van der Waals surface area contributed by atoms with Gasteiger partial charge in [-0.2, -0.15) is 0 Å². The third-order valence-corrected chi connectivity index (χ3v) is 3.83. The van der Waals surface area contributed by atoms with Crippen LogP contribution >= 0.6 is 22.7 Å². The Kier molecular flexibility index (Phi) is 4.03. The highest BCUT2D eigenvalue weighted by atomic mass is 32.1. The van der Waals surface area contributed by atoms with E-state index >= 15 is 0 Å². The van der Waals surface area contributed by atoms with Crippen molar-refractivity contribution in [3.8, 4) is 9.88 Å². The molecule has 0 saturated carbocycles. The third kappa shape index (κ3) is 2.99. The molecule has 17 heavy (non-hydrogen) atoms. The minimum absolute atomic E-state index is 0.357. The molecule has 2 rings (SSSR count). The van der Waals surface area contributed by atoms with Gasteiger partial charge in [0.2, 0.25) is 5.13 Å². The van der Waals surface area contributed by atoms with Crippen molar-refractivity contribution in [1.29, 1.82) is 0 Å². The van der Waals surface area contributed by atoms with Gasteiger partial charge in [-0.05, 0) is 13.8 Å². The molecule has 0 aliphatic carbocycles. The van der Waals surface area contributed by atoms with E-state index in [1.807, 2.05) is 0 Å². The Bertz CT molecular complexity index is 480. The molecule has 7 heteroatoms. The summed E-state index contributed by atoms with van der Waals surface area (Å²) in [6.07, 6.45) is 0. The predicted molar refractivity (Wildman–Crippen MR) is 70.5 cm³/mol. The lowest BCUT2D eigenvalue weighted by atomic mass is 10.4. The van der Waals surface area contributed by atoms with Crippen LogP contribution in [0.4, 0.5) is 5.13 Å². The normalized spacial score (nSPS) is 11.1. The summed E-state index contributed by atoms with van der Waals surface area (Å²) in [5.41, 5.74) is 2.73. The monoisotopic (exact) mass is 270 g/mol. The summed E-state index contributed by atoms with van der Waals surface area (Å²) in [7, 11) is 1.66. The standard InChI is InChI=1S/C10H14N4OS2/c1-6(2)12-10-14-13-9(17-10)8-7(4-15-3)11-5-16-8/h5-6H,4H2,1-3H3,(H,12,14). The van der Waals surface area contributed by atoms with E-state index in [-0.39, 0.29) is 0 Å². The van der Waals surface area contributed by atoms with Gasteiger partial charge in [0.05, 0.1) is 22.7 Å². The second-order valence-electron chi connectivity index (χ2n) is 3.77. The average molecular weight is 270 g/mol. The molecule has 0 aliphatic heterocycles. The molecule has 2 aromatic heterocycles. The van der Waals surface area contributed by atoms with Crippen molar-refractivity contribution in [2.75, 3.05) is 12.4 Å². The molecule has 0 spiro atoms. The first-order valence-corrected chi connectivity index (χ1v) is 6.92. The number of ether oxygens (including phenoxy) is 1. The van der Waals surface area contributed by atoms with Crippen molar-refractivity contribution in [2.24, 2.45) is 0 Å². The van der Waals surface area contributed by atoms with Crippen LogP contribution in [0.2, 0.25) is 0 Å². The number of methoxy groups -OCH3 is 1. The lowest BCUT2D eigenvalue weighted by Gasteiger charge is -2.03. The van der Waals surface area contributed by atoms with Crippen molar-refractivity contribution in [2.45, 2.75) is 26.5 Å². The van der Waals surface area contributed by atoms with Gasteiger partial charge in [-0.1, -0.05) is 11.3 Å². The zero-order valence-corrected chi connectivity index (χ0v) is 11.6. The molecule has 2 heterocycles. The molecule has 2 aromatic rings. The summed E-state index contributed by atoms with van der Waals surface area (Å²) < 4.78 is 5.10. The van der Waals surface area contributed by atoms with Crippen LogP contribution < -0.4 is 5.32 Å². The molecule has 1 N–H and O–H groups in total. The minimum Gasteiger partial charge on any atom is -0.378 e. The van der Waals surface area contributed by atoms with Crippen LogP contribution in [0.25, 0.3) is 9.88 Å². The van der Waals surface area contributed by atoms with E-state index in [0.717, 1.165) is 20.7 Å². The van der Waals surface area contributed by atoms with Crippen LogP contribution in [0.15, 0.2) is 5.51 Å². The van der Waals surface area contributed by atoms with Gasteiger partial charge in [-0.15, -0.1) is 21.5 Å². The highest BCUT2D eigenvalue weighted by Crippen LogP contribution is 2.32. The molecule has 5 nitrogen and oxygen atoms in total. The number of rotatable bonds is 5. The number of nitrogens with zero attached hydrogens (tertiary/aromatic N) is 3. The molecule has 0 amide bonds. The van der Waals surface area contributed by atoms with Gasteiger partial charge in [-0.3, -0.25) is 0 Å². The van der Waals surface area contributed by atoms with Gasteiger partial charge >= 0.3 is 0 Å². The van der Waals surface area contributed by atoms with Crippen LogP contribution in [0.5, 0.6) is 0 Å². The second-order valence-corrected chi connectivity index (χ2v) is 5.60. The first-order valence-electron chi connectivity index (χ1n) is 5.22. The van der Waals surface area contributed by atoms with E-state index in [4.69, 9.17) is 4.74 Å². The van der Waals surface area contributed by atoms with E-state index in [2.05, 4.69) is 34.3 Å². The largest absolute Gasteiger partial charge is 0.378 e. The van der Waals surface area contributed by atoms with Crippen molar-refractivity contribution < 1.29 is 4.74 Å². The quantitative estimate of drug-likeness (QED) is 0.905. The first kappa shape index (κ1) is 12.4. The van der Waals surface area contributed by atoms with Crippen molar-refractivity contribution in [3.63, 3.8) is 0 Å². The number of hydrogen-bond donors (Lipinski definition) is 1. The molecule has 0 atom stereocenters. The SMILES string of the molecule is COCc1ncsc1-c1nnc(NC(C)C)s1. The van der Waals surface area contributed by atoms with Gasteiger partial charge in [-0.25, -0.2) is 4.98 Å². The van der Waals surface area contributed by atoms with Crippen LogP contribution in [-0.2, 0) is 11.3 Å². The summed E-state index contributed by atoms with van der Waals surface area (Å²) in [5, 5.41) is 13.3. The summed E-state index contributed by atoms with van der Waals surface area (Å²) in [4.78, 5) is 5.31. The summed E-state index contributed by atoms with van der Waals surface area (Å²) in [6.45, 7) is 4.65. The van der Waals surface area contributed by atoms with Crippen LogP contribution in [0, 0.1) is 0 Å². The molecule has 0 aromatic carbocycles. The fourth-order valence-electron chi connectivity index (χ4n) is 1.30. The first-order chi connectivity index (χ1) is 8.20. The van der Waals surface area contributed by atoms with Gasteiger partial charge in [0, 0.05) is 13.2 Å². The maximum atomic E-state index is 5.10. The Morgan fingerprint density at radius 3 is 2.94 bits per heavy atom. The number of nitrogens with one attached hydrogen (secondary N) is 1. The van der Waals surface area contributed by atoms with E-state index in [9.17, 15) is 0 Å². The van der Waals surface area contributed by atoms with E-state index in [0.29, 0.717) is 12.6 Å². The topological polar surface area (TPSA) is 59.9 Å². The van der Waals surface area contributed by atoms with Crippen LogP contribution in [0.3, 0.4) is 0 Å². The number of hydrogen-bond acceptors (Lipinski definition) is 7. The predicted octanol–water partition coefficient (Wildman–Crippen LogP) is 2.63. The zero-order valence-electron chi connectivity index (χ0n) is 9.93. The fraction of sp³-hybridized carbons (Fsp3) is 0.500. The van der Waals surface area contributed by atoms with Gasteiger partial charge in [0.15, 0.2) is 5.01 Å². The molecule has 0 aliphatic rings. The lowest BCUT2D eigenvalue weighted by Crippen LogP contribution is -2.08. The van der Waals surface area contributed by atoms with Crippen LogP contribution in [0.1, 0.15) is 19.5 Å². The molecule has 0 unspecified atom stereocenters. The van der Waals surface area contributed by atoms with Gasteiger partial charge in [0.1, 0.15) is 0 Å². The Morgan fingerprint density at radius 1 is 1.41 bits per heavy atom. The van der Waals surface area contributed by atoms with Crippen molar-refractivity contribution in [3.05, 3.63) is 11.2 Å². The highest BCUT2D eigenvalue weighted by Gasteiger charge is 2.14. The average Bonchev–Trinajstić information content (AvgIpc) is 2.86. The molecule has 92 valence electrons. The summed E-state index contributed by atoms with van der Waals surface area (Å²) >= 11 is 3.10. The molecule has 0 saturated heterocycles. The maximum Gasteiger partial charge on any atom is 0.206 e. The fourth-order valence-corrected chi connectivity index (χ4v) is 3.10. The van der Waals surface area contributed by atoms with E-state index in [1.165, 1.54) is 0 Å². The summed E-state index contributed by atoms with van der Waals surface area (Å²) in [5.74, 6) is 0. The number of thiazole rings is 1. The zero-order chi connectivity index (χ0) is 12.3. The number of aromatic nitrogens is 3. The maximum absolute atomic E-state index is 5.10. The third-order valence-electron chi connectivity index (χ3n) is 1.95. The number of anilines is 1. The Morgan fingerprint density at radius 2 is 2.24 bits per heavy atom. The molecule has 0 fully saturated rings. The minimum atomic E-state index is 0.357. The molecule has 0 radical (unpaired) electrons. The molecular weight excluding hydrogens is 256 g/mol. The lowest BCUT2D eigenvalue weighted by molar-refractivity contribution is 0.182. The van der Waals surface area contributed by atoms with Crippen molar-refractivity contribution >= 4 is 27.8 Å². The van der Waals surface area contributed by atoms with E-state index < -0.39 is 0 Å². The smallest absolute Gasteiger partial charge is 0.206 e. The Labute approximate surface area is 108 Å². The Balaban J connectivity index is 2.21. The van der Waals surface area contributed by atoms with E-state index in [1.54, 1.807) is 35.3 Å². The Hall–Kier alpha value is -1.05. The second kappa shape index (κ2) is 5.52. The summed E-state index contributed by atoms with van der Waals surface area (Å²) in [6, 6.07) is 0.357. The molecular formula is C10H14N4OS2. The molecule has 0 bridgehead atoms. The highest BCUT2D eigenvalue weighted by molar-refractivity contribution is 7.22. The van der Waals surface area contributed by atoms with Gasteiger partial charge in [0.25, 0.3) is 0 Å². The van der Waals surface area contributed by atoms with Crippen LogP contribution in [-0.4, -0.2) is 28.3 Å². The van der Waals surface area contributed by atoms with Gasteiger partial charge < -0.3 is 10.1 Å². The van der Waals surface area contributed by atoms with Crippen molar-refractivity contribution in [1.82, 2.24) is 15.2 Å².